The van der Waals surface area contributed by atoms with Gasteiger partial charge in [0.05, 0.1) is 12.2 Å². The van der Waals surface area contributed by atoms with Crippen molar-refractivity contribution >= 4 is 29.9 Å². The first-order chi connectivity index (χ1) is 12.4. The Bertz CT molecular complexity index is 723. The minimum Gasteiger partial charge on any atom is -0.492 e. The van der Waals surface area contributed by atoms with Crippen molar-refractivity contribution in [1.82, 2.24) is 10.2 Å². The number of allylic oxidation sites excluding steroid dienone is 1. The lowest BCUT2D eigenvalue weighted by molar-refractivity contribution is -0.149. The highest BCUT2D eigenvalue weighted by molar-refractivity contribution is 6.26. The van der Waals surface area contributed by atoms with Crippen LogP contribution in [0.15, 0.2) is 36.1 Å². The Hall–Kier alpha value is -3.07. The van der Waals surface area contributed by atoms with Gasteiger partial charge in [-0.2, -0.15) is 0 Å². The second kappa shape index (κ2) is 8.34. The minimum atomic E-state index is -1.05. The highest BCUT2D eigenvalue weighted by Gasteiger charge is 2.45. The molecule has 1 atom stereocenters. The van der Waals surface area contributed by atoms with Crippen LogP contribution in [0.5, 0.6) is 0 Å². The molecule has 4 amide bonds. The van der Waals surface area contributed by atoms with Gasteiger partial charge in [-0.05, 0) is 12.5 Å². The van der Waals surface area contributed by atoms with Gasteiger partial charge in [0.1, 0.15) is 31.3 Å². The van der Waals surface area contributed by atoms with Crippen LogP contribution in [0.4, 0.5) is 0 Å². The number of amides is 4. The van der Waals surface area contributed by atoms with Gasteiger partial charge in [0.2, 0.25) is 11.8 Å². The normalized spacial score (nSPS) is 22.0. The number of piperidine rings is 1. The second-order valence-corrected chi connectivity index (χ2v) is 5.54. The Morgan fingerprint density at radius 1 is 1.23 bits per heavy atom. The third-order valence-corrected chi connectivity index (χ3v) is 3.78. The van der Waals surface area contributed by atoms with E-state index in [0.717, 1.165) is 4.90 Å². The maximum Gasteiger partial charge on any atom is 0.262 e. The van der Waals surface area contributed by atoms with E-state index in [1.165, 1.54) is 6.08 Å². The van der Waals surface area contributed by atoms with Crippen LogP contribution in [0, 0.1) is 0 Å². The largest absolute Gasteiger partial charge is 0.492 e. The van der Waals surface area contributed by atoms with Crippen LogP contribution in [0.1, 0.15) is 12.8 Å². The molecule has 0 aromatic rings. The van der Waals surface area contributed by atoms with Crippen molar-refractivity contribution in [2.75, 3.05) is 19.8 Å². The molecule has 26 heavy (non-hydrogen) atoms. The smallest absolute Gasteiger partial charge is 0.262 e. The number of carbonyl (C=O) groups excluding carboxylic acids is 5. The summed E-state index contributed by atoms with van der Waals surface area (Å²) in [6.07, 6.45) is 1.96. The summed E-state index contributed by atoms with van der Waals surface area (Å²) >= 11 is 0. The highest BCUT2D eigenvalue weighted by Crippen LogP contribution is 2.29. The molecule has 2 aliphatic rings. The molecule has 0 aromatic carbocycles. The van der Waals surface area contributed by atoms with E-state index in [9.17, 15) is 24.0 Å². The van der Waals surface area contributed by atoms with Crippen molar-refractivity contribution in [3.05, 3.63) is 36.1 Å². The van der Waals surface area contributed by atoms with Gasteiger partial charge in [0.25, 0.3) is 11.8 Å². The van der Waals surface area contributed by atoms with Crippen molar-refractivity contribution < 1.29 is 33.4 Å². The van der Waals surface area contributed by atoms with Gasteiger partial charge >= 0.3 is 0 Å². The number of nitrogens with one attached hydrogen (secondary N) is 1. The van der Waals surface area contributed by atoms with Crippen LogP contribution >= 0.6 is 0 Å². The highest BCUT2D eigenvalue weighted by atomic mass is 16.5. The molecule has 0 aliphatic carbocycles. The summed E-state index contributed by atoms with van der Waals surface area (Å²) in [5.41, 5.74) is -0.111. The predicted octanol–water partition coefficient (Wildman–Crippen LogP) is -0.611. The summed E-state index contributed by atoms with van der Waals surface area (Å²) < 4.78 is 10.1. The SMILES string of the molecule is C=C(/C=C1\C(=C)C(=O)N(C2CCC(=O)NC2=O)C1=O)OCCOCC=O. The zero-order valence-corrected chi connectivity index (χ0v) is 14.0. The molecule has 2 rings (SSSR count). The number of hydrogen-bond acceptors (Lipinski definition) is 7. The maximum absolute atomic E-state index is 12.6. The van der Waals surface area contributed by atoms with E-state index < -0.39 is 29.7 Å². The summed E-state index contributed by atoms with van der Waals surface area (Å²) in [5.74, 6) is -2.44. The van der Waals surface area contributed by atoms with E-state index >= 15 is 0 Å². The molecule has 1 unspecified atom stereocenters. The first-order valence-corrected chi connectivity index (χ1v) is 7.82. The van der Waals surface area contributed by atoms with E-state index in [-0.39, 0.29) is 49.6 Å². The number of hydrogen-bond donors (Lipinski definition) is 1. The van der Waals surface area contributed by atoms with Gasteiger partial charge in [-0.3, -0.25) is 29.4 Å². The Morgan fingerprint density at radius 2 is 1.96 bits per heavy atom. The van der Waals surface area contributed by atoms with Crippen LogP contribution in [-0.2, 0) is 33.4 Å². The van der Waals surface area contributed by atoms with Gasteiger partial charge in [-0.1, -0.05) is 13.2 Å². The first-order valence-electron chi connectivity index (χ1n) is 7.82. The number of carbonyl (C=O) groups is 5. The summed E-state index contributed by atoms with van der Waals surface area (Å²) in [4.78, 5) is 59.0. The van der Waals surface area contributed by atoms with Crippen molar-refractivity contribution in [3.63, 3.8) is 0 Å². The molecular formula is C17H18N2O7. The maximum atomic E-state index is 12.6. The van der Waals surface area contributed by atoms with Crippen molar-refractivity contribution in [1.29, 1.82) is 0 Å². The quantitative estimate of drug-likeness (QED) is 0.201. The molecular weight excluding hydrogens is 344 g/mol. The van der Waals surface area contributed by atoms with Gasteiger partial charge in [0, 0.05) is 12.0 Å². The van der Waals surface area contributed by atoms with Crippen molar-refractivity contribution in [2.45, 2.75) is 18.9 Å². The van der Waals surface area contributed by atoms with Crippen molar-refractivity contribution in [2.24, 2.45) is 0 Å². The molecule has 138 valence electrons. The first kappa shape index (κ1) is 19.3. The van der Waals surface area contributed by atoms with E-state index in [1.807, 2.05) is 0 Å². The molecule has 2 fully saturated rings. The van der Waals surface area contributed by atoms with Crippen LogP contribution < -0.4 is 5.32 Å². The average molecular weight is 362 g/mol. The third kappa shape index (κ3) is 4.12. The Morgan fingerprint density at radius 3 is 2.62 bits per heavy atom. The lowest BCUT2D eigenvalue weighted by Crippen LogP contribution is -2.54. The molecule has 0 spiro atoms. The van der Waals surface area contributed by atoms with Gasteiger partial charge in [-0.15, -0.1) is 0 Å². The lowest BCUT2D eigenvalue weighted by atomic mass is 10.0. The zero-order valence-electron chi connectivity index (χ0n) is 14.0. The van der Waals surface area contributed by atoms with Gasteiger partial charge in [-0.25, -0.2) is 0 Å². The topological polar surface area (TPSA) is 119 Å². The molecule has 2 saturated heterocycles. The number of likely N-dealkylation sites (tertiary alicyclic amines) is 1. The van der Waals surface area contributed by atoms with E-state index in [1.54, 1.807) is 0 Å². The van der Waals surface area contributed by atoms with Crippen LogP contribution in [0.2, 0.25) is 0 Å². The molecule has 0 aromatic heterocycles. The van der Waals surface area contributed by atoms with E-state index in [4.69, 9.17) is 9.47 Å². The van der Waals surface area contributed by atoms with E-state index in [2.05, 4.69) is 18.5 Å². The Balaban J connectivity index is 2.05. The standard InChI is InChI=1S/C17H18N2O7/c1-10(26-8-7-25-6-5-20)9-12-11(2)16(23)19(17(12)24)13-3-4-14(21)18-15(13)22/h5,9,13H,1-4,6-8H2,(H,18,21,22)/b12-9+. The molecule has 0 bridgehead atoms. The number of nitrogens with zero attached hydrogens (tertiary/aromatic N) is 1. The fourth-order valence-corrected chi connectivity index (χ4v) is 2.54. The monoisotopic (exact) mass is 362 g/mol. The minimum absolute atomic E-state index is 0.0292. The van der Waals surface area contributed by atoms with Crippen molar-refractivity contribution in [3.8, 4) is 0 Å². The Labute approximate surface area is 149 Å². The molecule has 2 aliphatic heterocycles. The van der Waals surface area contributed by atoms with Gasteiger partial charge in [0.15, 0.2) is 0 Å². The summed E-state index contributed by atoms with van der Waals surface area (Å²) in [6.45, 7) is 7.40. The predicted molar refractivity (Wildman–Crippen MR) is 87.2 cm³/mol. The average Bonchev–Trinajstić information content (AvgIpc) is 2.79. The number of imide groups is 2. The van der Waals surface area contributed by atoms with Crippen LogP contribution in [-0.4, -0.2) is 60.7 Å². The molecule has 2 heterocycles. The fraction of sp³-hybridized carbons (Fsp3) is 0.353. The fourth-order valence-electron chi connectivity index (χ4n) is 2.54. The number of ether oxygens (including phenoxy) is 2. The number of rotatable bonds is 8. The molecule has 1 N–H and O–H groups in total. The summed E-state index contributed by atoms with van der Waals surface area (Å²) in [6, 6.07) is -1.05. The molecule has 0 saturated carbocycles. The zero-order chi connectivity index (χ0) is 19.3. The second-order valence-electron chi connectivity index (χ2n) is 5.54. The van der Waals surface area contributed by atoms with Crippen LogP contribution in [0.3, 0.4) is 0 Å². The van der Waals surface area contributed by atoms with Gasteiger partial charge < -0.3 is 14.3 Å². The third-order valence-electron chi connectivity index (χ3n) is 3.78. The van der Waals surface area contributed by atoms with Crippen LogP contribution in [0.25, 0.3) is 0 Å². The Kier molecular flexibility index (Phi) is 6.18. The molecule has 0 radical (unpaired) electrons. The molecule has 9 heteroatoms. The molecule has 9 nitrogen and oxygen atoms in total. The lowest BCUT2D eigenvalue weighted by Gasteiger charge is -2.27. The summed E-state index contributed by atoms with van der Waals surface area (Å²) in [7, 11) is 0. The van der Waals surface area contributed by atoms with E-state index in [0.29, 0.717) is 6.29 Å². The summed E-state index contributed by atoms with van der Waals surface area (Å²) in [5, 5.41) is 2.11. The number of aldehydes is 1.